The second kappa shape index (κ2) is 6.65. The van der Waals surface area contributed by atoms with Gasteiger partial charge in [0, 0.05) is 11.1 Å². The highest BCUT2D eigenvalue weighted by Crippen LogP contribution is 2.21. The molecule has 2 aromatic heterocycles. The molecule has 0 amide bonds. The van der Waals surface area contributed by atoms with Crippen LogP contribution in [0.4, 0.5) is 0 Å². The number of carbonyl (C=O) groups is 2. The van der Waals surface area contributed by atoms with Gasteiger partial charge in [-0.25, -0.2) is 9.78 Å². The van der Waals surface area contributed by atoms with Gasteiger partial charge in [-0.05, 0) is 35.0 Å². The van der Waals surface area contributed by atoms with Gasteiger partial charge >= 0.3 is 5.97 Å². The average Bonchev–Trinajstić information content (AvgIpc) is 3.06. The lowest BCUT2D eigenvalue weighted by Gasteiger charge is -2.05. The first-order valence-electron chi connectivity index (χ1n) is 5.78. The quantitative estimate of drug-likeness (QED) is 0.753. The molecule has 0 fully saturated rings. The molecule has 0 saturated carbocycles. The summed E-state index contributed by atoms with van der Waals surface area (Å²) < 4.78 is 10.2. The van der Waals surface area contributed by atoms with E-state index in [-0.39, 0.29) is 5.76 Å². The summed E-state index contributed by atoms with van der Waals surface area (Å²) in [6, 6.07) is 4.83. The molecule has 108 valence electrons. The maximum atomic E-state index is 12.0. The molecule has 1 atom stereocenters. The van der Waals surface area contributed by atoms with E-state index in [1.54, 1.807) is 12.3 Å². The Hall–Kier alpha value is -1.98. The van der Waals surface area contributed by atoms with E-state index in [0.717, 1.165) is 5.69 Å². The molecule has 2 aromatic rings. The number of halogens is 1. The molecule has 2 heterocycles. The van der Waals surface area contributed by atoms with Crippen molar-refractivity contribution in [3.8, 4) is 6.07 Å². The second-order valence-corrected chi connectivity index (χ2v) is 5.71. The molecule has 0 radical (unpaired) electrons. The number of furan rings is 1. The van der Waals surface area contributed by atoms with Crippen molar-refractivity contribution < 1.29 is 18.7 Å². The molecule has 0 aliphatic rings. The fraction of sp³-hybridized carbons (Fsp3) is 0.231. The van der Waals surface area contributed by atoms with Crippen LogP contribution in [0.25, 0.3) is 0 Å². The second-order valence-electron chi connectivity index (χ2n) is 4.04. The maximum absolute atomic E-state index is 12.0. The molecule has 0 aliphatic carbocycles. The number of nitriles is 1. The van der Waals surface area contributed by atoms with Crippen LogP contribution in [-0.4, -0.2) is 23.3 Å². The number of hydrogen-bond acceptors (Lipinski definition) is 7. The Morgan fingerprint density at radius 2 is 2.33 bits per heavy atom. The van der Waals surface area contributed by atoms with E-state index in [1.807, 2.05) is 6.07 Å². The summed E-state index contributed by atoms with van der Waals surface area (Å²) in [7, 11) is 0. The topological polar surface area (TPSA) is 93.2 Å². The normalized spacial score (nSPS) is 11.7. The molecule has 0 aromatic carbocycles. The van der Waals surface area contributed by atoms with Gasteiger partial charge < -0.3 is 9.15 Å². The zero-order valence-electron chi connectivity index (χ0n) is 10.8. The van der Waals surface area contributed by atoms with E-state index in [0.29, 0.717) is 9.68 Å². The van der Waals surface area contributed by atoms with Crippen LogP contribution in [0.3, 0.4) is 0 Å². The van der Waals surface area contributed by atoms with Crippen LogP contribution in [0.2, 0.25) is 0 Å². The summed E-state index contributed by atoms with van der Waals surface area (Å²) in [5.74, 6) is -2.33. The highest BCUT2D eigenvalue weighted by atomic mass is 79.9. The largest absolute Gasteiger partial charge is 0.452 e. The Labute approximate surface area is 132 Å². The lowest BCUT2D eigenvalue weighted by molar-refractivity contribution is -0.122. The van der Waals surface area contributed by atoms with Crippen LogP contribution in [0, 0.1) is 18.3 Å². The predicted molar refractivity (Wildman–Crippen MR) is 76.9 cm³/mol. The van der Waals surface area contributed by atoms with Crippen LogP contribution in [-0.2, 0) is 9.53 Å². The van der Waals surface area contributed by atoms with Gasteiger partial charge in [0.05, 0.1) is 6.07 Å². The van der Waals surface area contributed by atoms with Gasteiger partial charge in [0.2, 0.25) is 5.76 Å². The number of rotatable bonds is 5. The third kappa shape index (κ3) is 3.77. The molecule has 0 aliphatic heterocycles. The summed E-state index contributed by atoms with van der Waals surface area (Å²) in [5, 5.41) is 11.2. The minimum Gasteiger partial charge on any atom is -0.452 e. The zero-order chi connectivity index (χ0) is 15.4. The summed E-state index contributed by atoms with van der Waals surface area (Å²) in [5.41, 5.74) is 0.737. The number of nitrogens with zero attached hydrogens (tertiary/aromatic N) is 2. The number of esters is 1. The van der Waals surface area contributed by atoms with Crippen molar-refractivity contribution in [2.24, 2.45) is 0 Å². The van der Waals surface area contributed by atoms with Crippen molar-refractivity contribution in [2.45, 2.75) is 12.8 Å². The van der Waals surface area contributed by atoms with E-state index in [1.165, 1.54) is 23.5 Å². The Morgan fingerprint density at radius 3 is 2.86 bits per heavy atom. The Bertz CT molecular complexity index is 716. The molecule has 8 heteroatoms. The van der Waals surface area contributed by atoms with Gasteiger partial charge in [0.15, 0.2) is 23.0 Å². The molecule has 0 bridgehead atoms. The molecule has 0 spiro atoms. The summed E-state index contributed by atoms with van der Waals surface area (Å²) in [6.07, 6.45) is 0. The fourth-order valence-corrected chi connectivity index (χ4v) is 2.65. The van der Waals surface area contributed by atoms with E-state index in [2.05, 4.69) is 20.9 Å². The molecular weight excluding hydrogens is 360 g/mol. The lowest BCUT2D eigenvalue weighted by atomic mass is 10.1. The van der Waals surface area contributed by atoms with Crippen molar-refractivity contribution in [1.82, 2.24) is 4.98 Å². The number of carbonyl (C=O) groups excluding carboxylic acids is 2. The molecule has 2 rings (SSSR count). The number of ketones is 1. The number of hydrogen-bond donors (Lipinski definition) is 0. The van der Waals surface area contributed by atoms with E-state index in [4.69, 9.17) is 14.4 Å². The molecule has 0 saturated heterocycles. The molecule has 0 N–H and O–H groups in total. The van der Waals surface area contributed by atoms with E-state index < -0.39 is 24.3 Å². The van der Waals surface area contributed by atoms with Crippen molar-refractivity contribution in [3.05, 3.63) is 38.6 Å². The first-order chi connectivity index (χ1) is 10.0. The predicted octanol–water partition coefficient (Wildman–Crippen LogP) is 2.84. The SMILES string of the molecule is Cc1csc([C@H](C#N)C(=O)COC(=O)c2ccc(Br)o2)n1. The first kappa shape index (κ1) is 15.4. The zero-order valence-corrected chi connectivity index (χ0v) is 13.2. The van der Waals surface area contributed by atoms with Crippen LogP contribution in [0.15, 0.2) is 26.6 Å². The standard InChI is InChI=1S/C13H9BrN2O4S/c1-7-6-21-12(16-7)8(4-15)9(17)5-19-13(18)10-2-3-11(14)20-10/h2-3,6,8H,5H2,1H3/t8-/m1/s1. The number of thiazole rings is 1. The van der Waals surface area contributed by atoms with Gasteiger partial charge in [-0.1, -0.05) is 0 Å². The maximum Gasteiger partial charge on any atom is 0.374 e. The van der Waals surface area contributed by atoms with Crippen molar-refractivity contribution in [1.29, 1.82) is 5.26 Å². The van der Waals surface area contributed by atoms with Gasteiger partial charge in [-0.2, -0.15) is 5.26 Å². The first-order valence-corrected chi connectivity index (χ1v) is 7.45. The Kier molecular flexibility index (Phi) is 4.88. The van der Waals surface area contributed by atoms with E-state index >= 15 is 0 Å². The monoisotopic (exact) mass is 368 g/mol. The van der Waals surface area contributed by atoms with E-state index in [9.17, 15) is 9.59 Å². The molecule has 0 unspecified atom stereocenters. The number of aryl methyl sites for hydroxylation is 1. The number of aromatic nitrogens is 1. The minimum absolute atomic E-state index is 0.0201. The Morgan fingerprint density at radius 1 is 1.57 bits per heavy atom. The molecule has 21 heavy (non-hydrogen) atoms. The van der Waals surface area contributed by atoms with Gasteiger partial charge in [0.1, 0.15) is 5.01 Å². The van der Waals surface area contributed by atoms with Gasteiger partial charge in [-0.3, -0.25) is 4.79 Å². The summed E-state index contributed by atoms with van der Waals surface area (Å²) >= 11 is 4.28. The van der Waals surface area contributed by atoms with Gasteiger partial charge in [0.25, 0.3) is 0 Å². The third-order valence-corrected chi connectivity index (χ3v) is 3.91. The van der Waals surface area contributed by atoms with Crippen molar-refractivity contribution >= 4 is 39.0 Å². The number of ether oxygens (including phenoxy) is 1. The Balaban J connectivity index is 1.97. The highest BCUT2D eigenvalue weighted by molar-refractivity contribution is 9.10. The van der Waals surface area contributed by atoms with Crippen LogP contribution in [0.1, 0.15) is 27.2 Å². The van der Waals surface area contributed by atoms with Crippen LogP contribution in [0.5, 0.6) is 0 Å². The fourth-order valence-electron chi connectivity index (χ4n) is 1.48. The average molecular weight is 369 g/mol. The summed E-state index contributed by atoms with van der Waals surface area (Å²) in [4.78, 5) is 27.7. The third-order valence-electron chi connectivity index (χ3n) is 2.45. The van der Waals surface area contributed by atoms with Gasteiger partial charge in [-0.15, -0.1) is 11.3 Å². The van der Waals surface area contributed by atoms with Crippen molar-refractivity contribution in [2.75, 3.05) is 6.61 Å². The lowest BCUT2D eigenvalue weighted by Crippen LogP contribution is -2.19. The highest BCUT2D eigenvalue weighted by Gasteiger charge is 2.25. The van der Waals surface area contributed by atoms with Crippen LogP contribution < -0.4 is 0 Å². The molecule has 6 nitrogen and oxygen atoms in total. The summed E-state index contributed by atoms with van der Waals surface area (Å²) in [6.45, 7) is 1.27. The molecular formula is C13H9BrN2O4S. The van der Waals surface area contributed by atoms with Crippen LogP contribution >= 0.6 is 27.3 Å². The van der Waals surface area contributed by atoms with Crippen molar-refractivity contribution in [3.63, 3.8) is 0 Å². The number of Topliss-reactive ketones (excluding diaryl/α,β-unsaturated/α-hetero) is 1. The minimum atomic E-state index is -1.03. The smallest absolute Gasteiger partial charge is 0.374 e.